The molecule has 0 spiro atoms. The van der Waals surface area contributed by atoms with E-state index in [9.17, 15) is 4.79 Å². The number of nitrogens with one attached hydrogen (secondary N) is 1. The number of carbonyl (C=O) groups is 1. The Morgan fingerprint density at radius 2 is 1.77 bits per heavy atom. The highest BCUT2D eigenvalue weighted by Crippen LogP contribution is 2.14. The van der Waals surface area contributed by atoms with Crippen LogP contribution in [0.5, 0.6) is 0 Å². The van der Waals surface area contributed by atoms with Gasteiger partial charge in [0.15, 0.2) is 0 Å². The van der Waals surface area contributed by atoms with Gasteiger partial charge in [0.1, 0.15) is 6.54 Å². The first-order valence-electron chi connectivity index (χ1n) is 7.16. The smallest absolute Gasteiger partial charge is 0.259 e. The zero-order chi connectivity index (χ0) is 15.4. The molecule has 1 aromatic heterocycles. The largest absolute Gasteiger partial charge is 0.338 e. The second-order valence-corrected chi connectivity index (χ2v) is 5.10. The van der Waals surface area contributed by atoms with Crippen molar-refractivity contribution in [2.24, 2.45) is 5.10 Å². The predicted molar refractivity (Wildman–Crippen MR) is 88.7 cm³/mol. The number of hydrazone groups is 1. The van der Waals surface area contributed by atoms with Gasteiger partial charge in [0, 0.05) is 11.7 Å². The van der Waals surface area contributed by atoms with Gasteiger partial charge in [-0.15, -0.1) is 0 Å². The molecule has 0 aliphatic carbocycles. The first-order valence-corrected chi connectivity index (χ1v) is 7.16. The molecule has 0 radical (unpaired) electrons. The molecule has 1 amide bonds. The van der Waals surface area contributed by atoms with Gasteiger partial charge >= 0.3 is 0 Å². The maximum atomic E-state index is 12.1. The highest BCUT2D eigenvalue weighted by molar-refractivity contribution is 5.99. The van der Waals surface area contributed by atoms with Gasteiger partial charge in [-0.3, -0.25) is 4.79 Å². The lowest BCUT2D eigenvalue weighted by atomic mass is 10.1. The number of fused-ring (bicyclic) bond motifs is 1. The van der Waals surface area contributed by atoms with Crippen LogP contribution in [0.4, 0.5) is 0 Å². The van der Waals surface area contributed by atoms with Gasteiger partial charge in [0.25, 0.3) is 5.91 Å². The minimum atomic E-state index is -0.142. The first-order chi connectivity index (χ1) is 10.7. The summed E-state index contributed by atoms with van der Waals surface area (Å²) in [5.41, 5.74) is 5.43. The van der Waals surface area contributed by atoms with Crippen LogP contribution in [-0.2, 0) is 11.3 Å². The van der Waals surface area contributed by atoms with E-state index in [0.717, 1.165) is 22.2 Å². The van der Waals surface area contributed by atoms with Crippen LogP contribution in [0.1, 0.15) is 12.5 Å². The maximum Gasteiger partial charge on any atom is 0.259 e. The Labute approximate surface area is 129 Å². The normalized spacial score (nSPS) is 11.6. The minimum Gasteiger partial charge on any atom is -0.338 e. The van der Waals surface area contributed by atoms with Gasteiger partial charge < -0.3 is 4.57 Å². The monoisotopic (exact) mass is 291 g/mol. The van der Waals surface area contributed by atoms with Crippen molar-refractivity contribution in [1.29, 1.82) is 0 Å². The van der Waals surface area contributed by atoms with Crippen LogP contribution in [0.3, 0.4) is 0 Å². The molecule has 0 unspecified atom stereocenters. The summed E-state index contributed by atoms with van der Waals surface area (Å²) in [4.78, 5) is 12.1. The summed E-state index contributed by atoms with van der Waals surface area (Å²) in [6.45, 7) is 2.12. The molecule has 110 valence electrons. The third kappa shape index (κ3) is 3.06. The van der Waals surface area contributed by atoms with Crippen molar-refractivity contribution in [1.82, 2.24) is 9.99 Å². The van der Waals surface area contributed by atoms with Crippen LogP contribution in [0.25, 0.3) is 10.9 Å². The Hall–Kier alpha value is -2.88. The van der Waals surface area contributed by atoms with Gasteiger partial charge in [-0.25, -0.2) is 5.43 Å². The quantitative estimate of drug-likeness (QED) is 0.582. The molecule has 0 atom stereocenters. The molecule has 0 fully saturated rings. The molecule has 0 aliphatic heterocycles. The van der Waals surface area contributed by atoms with E-state index < -0.39 is 0 Å². The Morgan fingerprint density at radius 1 is 1.05 bits per heavy atom. The van der Waals surface area contributed by atoms with Crippen LogP contribution >= 0.6 is 0 Å². The second kappa shape index (κ2) is 6.26. The number of aromatic nitrogens is 1. The molecule has 0 saturated heterocycles. The van der Waals surface area contributed by atoms with Gasteiger partial charge in [-0.1, -0.05) is 48.5 Å². The number of hydrogen-bond donors (Lipinski definition) is 1. The number of hydrogen-bond acceptors (Lipinski definition) is 2. The van der Waals surface area contributed by atoms with Crippen molar-refractivity contribution in [2.75, 3.05) is 0 Å². The summed E-state index contributed by atoms with van der Waals surface area (Å²) < 4.78 is 1.91. The molecule has 0 aliphatic rings. The zero-order valence-corrected chi connectivity index (χ0v) is 12.4. The van der Waals surface area contributed by atoms with Crippen molar-refractivity contribution in [3.63, 3.8) is 0 Å². The molecule has 4 nitrogen and oxygen atoms in total. The Kier molecular flexibility index (Phi) is 4.01. The van der Waals surface area contributed by atoms with Crippen LogP contribution in [0.15, 0.2) is 72.0 Å². The topological polar surface area (TPSA) is 46.4 Å². The van der Waals surface area contributed by atoms with E-state index in [0.29, 0.717) is 0 Å². The number of carbonyl (C=O) groups excluding carboxylic acids is 1. The highest BCUT2D eigenvalue weighted by atomic mass is 16.2. The van der Waals surface area contributed by atoms with E-state index in [-0.39, 0.29) is 12.5 Å². The molecular formula is C18H17N3O. The van der Waals surface area contributed by atoms with E-state index in [1.54, 1.807) is 0 Å². The molecule has 1 heterocycles. The van der Waals surface area contributed by atoms with E-state index in [4.69, 9.17) is 0 Å². The molecule has 4 heteroatoms. The third-order valence-electron chi connectivity index (χ3n) is 3.53. The summed E-state index contributed by atoms with van der Waals surface area (Å²) in [6.07, 6.45) is 1.91. The Bertz CT molecular complexity index is 818. The standard InChI is InChI=1S/C18H17N3O/c1-14(15-7-3-2-4-8-15)19-20-18(22)13-21-12-11-16-9-5-6-10-17(16)21/h2-12H,13H2,1H3,(H,20,22)/b19-14-. The summed E-state index contributed by atoms with van der Waals surface area (Å²) in [6, 6.07) is 19.8. The second-order valence-electron chi connectivity index (χ2n) is 5.10. The minimum absolute atomic E-state index is 0.142. The Balaban J connectivity index is 1.68. The lowest BCUT2D eigenvalue weighted by Gasteiger charge is -2.05. The fraction of sp³-hybridized carbons (Fsp3) is 0.111. The average molecular weight is 291 g/mol. The number of nitrogens with zero attached hydrogens (tertiary/aromatic N) is 2. The Morgan fingerprint density at radius 3 is 2.59 bits per heavy atom. The molecular weight excluding hydrogens is 274 g/mol. The average Bonchev–Trinajstić information content (AvgIpc) is 2.97. The van der Waals surface area contributed by atoms with Crippen LogP contribution in [0, 0.1) is 0 Å². The van der Waals surface area contributed by atoms with Crippen molar-refractivity contribution < 1.29 is 4.79 Å². The maximum absolute atomic E-state index is 12.1. The molecule has 3 rings (SSSR count). The van der Waals surface area contributed by atoms with Crippen molar-refractivity contribution in [3.05, 3.63) is 72.4 Å². The van der Waals surface area contributed by atoms with Gasteiger partial charge in [0.05, 0.1) is 5.71 Å². The number of benzene rings is 2. The van der Waals surface area contributed by atoms with E-state index >= 15 is 0 Å². The van der Waals surface area contributed by atoms with Crippen LogP contribution < -0.4 is 5.43 Å². The number of rotatable bonds is 4. The van der Waals surface area contributed by atoms with Crippen LogP contribution in [0.2, 0.25) is 0 Å². The molecule has 0 bridgehead atoms. The fourth-order valence-electron chi connectivity index (χ4n) is 2.36. The van der Waals surface area contributed by atoms with Gasteiger partial charge in [0.2, 0.25) is 0 Å². The number of amides is 1. The molecule has 1 N–H and O–H groups in total. The molecule has 0 saturated carbocycles. The number of para-hydroxylation sites is 1. The van der Waals surface area contributed by atoms with Gasteiger partial charge in [-0.05, 0) is 30.0 Å². The van der Waals surface area contributed by atoms with Crippen molar-refractivity contribution >= 4 is 22.5 Å². The predicted octanol–water partition coefficient (Wildman–Crippen LogP) is 3.18. The summed E-state index contributed by atoms with van der Waals surface area (Å²) in [5.74, 6) is -0.142. The lowest BCUT2D eigenvalue weighted by Crippen LogP contribution is -2.23. The van der Waals surface area contributed by atoms with E-state index in [1.807, 2.05) is 78.4 Å². The first kappa shape index (κ1) is 14.1. The lowest BCUT2D eigenvalue weighted by molar-refractivity contribution is -0.121. The van der Waals surface area contributed by atoms with Crippen LogP contribution in [-0.4, -0.2) is 16.2 Å². The van der Waals surface area contributed by atoms with Gasteiger partial charge in [-0.2, -0.15) is 5.10 Å². The summed E-state index contributed by atoms with van der Waals surface area (Å²) in [5, 5.41) is 5.28. The van der Waals surface area contributed by atoms with Crippen molar-refractivity contribution in [2.45, 2.75) is 13.5 Å². The molecule has 22 heavy (non-hydrogen) atoms. The molecule has 2 aromatic carbocycles. The van der Waals surface area contributed by atoms with Crippen molar-refractivity contribution in [3.8, 4) is 0 Å². The van der Waals surface area contributed by atoms with E-state index in [2.05, 4.69) is 10.5 Å². The molecule has 3 aromatic rings. The fourth-order valence-corrected chi connectivity index (χ4v) is 2.36. The third-order valence-corrected chi connectivity index (χ3v) is 3.53. The van der Waals surface area contributed by atoms with E-state index in [1.165, 1.54) is 0 Å². The zero-order valence-electron chi connectivity index (χ0n) is 12.4. The SMILES string of the molecule is C/C(=N/NC(=O)Cn1ccc2ccccc21)c1ccccc1. The summed E-state index contributed by atoms with van der Waals surface area (Å²) in [7, 11) is 0. The summed E-state index contributed by atoms with van der Waals surface area (Å²) >= 11 is 0. The highest BCUT2D eigenvalue weighted by Gasteiger charge is 2.05.